The summed E-state index contributed by atoms with van der Waals surface area (Å²) < 4.78 is 5.12. The Morgan fingerprint density at radius 2 is 1.42 bits per heavy atom. The number of hydrogen-bond acceptors (Lipinski definition) is 7. The van der Waals surface area contributed by atoms with E-state index in [1.165, 1.54) is 0 Å². The number of benzene rings is 1. The lowest BCUT2D eigenvalue weighted by molar-refractivity contribution is -0.345. The molecule has 0 atom stereocenters. The third-order valence-electron chi connectivity index (χ3n) is 1.53. The largest absolute Gasteiger partial charge is 0.550 e. The normalized spacial score (nSPS) is 8.47. The van der Waals surface area contributed by atoms with Crippen molar-refractivity contribution in [1.82, 2.24) is 0 Å². The fraction of sp³-hybridized carbons (Fsp3) is 0.0833. The smallest absolute Gasteiger partial charge is 0.133 e. The first-order valence-corrected chi connectivity index (χ1v) is 4.86. The number of para-hydroxylation sites is 1. The quantitative estimate of drug-likeness (QED) is 0.488. The van der Waals surface area contributed by atoms with Gasteiger partial charge >= 0.3 is 0 Å². The summed E-state index contributed by atoms with van der Waals surface area (Å²) in [6.07, 6.45) is 1.70. The van der Waals surface area contributed by atoms with Crippen molar-refractivity contribution in [3.63, 3.8) is 0 Å². The molecule has 19 heavy (non-hydrogen) atoms. The zero-order chi connectivity index (χ0) is 14.8. The summed E-state index contributed by atoms with van der Waals surface area (Å²) in [6.45, 7) is 0.972. The standard InChI is InChI=1S/C8H6O.C2H2O4.C2H4O2/c1-2-4-8-7(3-1)5-6-9-8;3-1(4)2(5)6;1-2(3)4/h1-6H;(H,3,4)(H,5,6);1H3,(H,3,4)/p-3. The Kier molecular flexibility index (Phi) is 7.05. The van der Waals surface area contributed by atoms with Crippen molar-refractivity contribution >= 4 is 28.9 Å². The molecule has 2 aromatic rings. The van der Waals surface area contributed by atoms with Gasteiger partial charge in [-0.2, -0.15) is 0 Å². The molecule has 0 saturated carbocycles. The summed E-state index contributed by atoms with van der Waals surface area (Å²) >= 11 is 0. The molecule has 0 aliphatic heterocycles. The van der Waals surface area contributed by atoms with E-state index >= 15 is 0 Å². The van der Waals surface area contributed by atoms with Crippen LogP contribution in [0, 0.1) is 0 Å². The molecule has 7 heteroatoms. The van der Waals surface area contributed by atoms with Gasteiger partial charge in [-0.25, -0.2) is 0 Å². The molecule has 0 fully saturated rings. The Labute approximate surface area is 107 Å². The van der Waals surface area contributed by atoms with Gasteiger partial charge in [-0.05, 0) is 19.1 Å². The highest BCUT2D eigenvalue weighted by molar-refractivity contribution is 6.25. The third-order valence-corrected chi connectivity index (χ3v) is 1.53. The Hall–Kier alpha value is -2.83. The maximum atomic E-state index is 8.93. The molecule has 0 spiro atoms. The van der Waals surface area contributed by atoms with Gasteiger partial charge in [-0.3, -0.25) is 0 Å². The van der Waals surface area contributed by atoms with Crippen LogP contribution < -0.4 is 15.3 Å². The predicted molar refractivity (Wildman–Crippen MR) is 56.9 cm³/mol. The summed E-state index contributed by atoms with van der Waals surface area (Å²) in [6, 6.07) is 9.90. The number of fused-ring (bicyclic) bond motifs is 1. The van der Waals surface area contributed by atoms with Crippen LogP contribution in [0.2, 0.25) is 0 Å². The van der Waals surface area contributed by atoms with Gasteiger partial charge in [-0.1, -0.05) is 18.2 Å². The number of furan rings is 1. The molecule has 0 unspecified atom stereocenters. The molecular weight excluding hydrogens is 256 g/mol. The first-order chi connectivity index (χ1) is 8.84. The molecule has 102 valence electrons. The molecule has 1 aromatic heterocycles. The SMILES string of the molecule is CC(=O)[O-].O=C([O-])C(=O)[O-].c1ccc2occc2c1. The molecule has 0 radical (unpaired) electrons. The molecule has 0 saturated heterocycles. The van der Waals surface area contributed by atoms with E-state index in [0.29, 0.717) is 0 Å². The van der Waals surface area contributed by atoms with Gasteiger partial charge in [0.1, 0.15) is 5.58 Å². The molecule has 0 aliphatic carbocycles. The number of carbonyl (C=O) groups excluding carboxylic acids is 3. The number of aliphatic carboxylic acids is 3. The van der Waals surface area contributed by atoms with Gasteiger partial charge < -0.3 is 34.1 Å². The van der Waals surface area contributed by atoms with Crippen LogP contribution in [-0.2, 0) is 14.4 Å². The van der Waals surface area contributed by atoms with Crippen molar-refractivity contribution in [2.45, 2.75) is 6.92 Å². The summed E-state index contributed by atoms with van der Waals surface area (Å²) in [5, 5.41) is 27.9. The Bertz CT molecular complexity index is 510. The lowest BCUT2D eigenvalue weighted by atomic mass is 10.3. The van der Waals surface area contributed by atoms with E-state index < -0.39 is 17.9 Å². The number of carboxylic acids is 3. The Balaban J connectivity index is 0.000000285. The predicted octanol–water partition coefficient (Wildman–Crippen LogP) is -2.32. The van der Waals surface area contributed by atoms with Crippen LogP contribution in [0.15, 0.2) is 41.0 Å². The van der Waals surface area contributed by atoms with Crippen LogP contribution >= 0.6 is 0 Å². The molecule has 2 rings (SSSR count). The fourth-order valence-electron chi connectivity index (χ4n) is 0.906. The first kappa shape index (κ1) is 16.2. The minimum atomic E-state index is -2.19. The Morgan fingerprint density at radius 3 is 1.84 bits per heavy atom. The van der Waals surface area contributed by atoms with Crippen molar-refractivity contribution in [3.05, 3.63) is 36.6 Å². The lowest BCUT2D eigenvalue weighted by Gasteiger charge is -1.97. The van der Waals surface area contributed by atoms with E-state index in [9.17, 15) is 0 Å². The monoisotopic (exact) mass is 265 g/mol. The van der Waals surface area contributed by atoms with Gasteiger partial charge in [-0.15, -0.1) is 0 Å². The second-order valence-corrected chi connectivity index (χ2v) is 3.02. The molecule has 1 heterocycles. The van der Waals surface area contributed by atoms with Gasteiger partial charge in [0.05, 0.1) is 18.2 Å². The van der Waals surface area contributed by atoms with Crippen LogP contribution in [0.5, 0.6) is 0 Å². The average Bonchev–Trinajstić information content (AvgIpc) is 2.76. The zero-order valence-electron chi connectivity index (χ0n) is 9.82. The summed E-state index contributed by atoms with van der Waals surface area (Å²) in [4.78, 5) is 26.7. The van der Waals surface area contributed by atoms with Crippen LogP contribution in [0.25, 0.3) is 11.0 Å². The van der Waals surface area contributed by atoms with Crippen LogP contribution in [0.3, 0.4) is 0 Å². The highest BCUT2D eigenvalue weighted by Gasteiger charge is 1.89. The molecule has 7 nitrogen and oxygen atoms in total. The van der Waals surface area contributed by atoms with Gasteiger partial charge in [0, 0.05) is 11.4 Å². The summed E-state index contributed by atoms with van der Waals surface area (Å²) in [7, 11) is 0. The first-order valence-electron chi connectivity index (χ1n) is 4.86. The van der Waals surface area contributed by atoms with Crippen molar-refractivity contribution in [2.24, 2.45) is 0 Å². The number of carbonyl (C=O) groups is 3. The molecule has 1 aromatic carbocycles. The van der Waals surface area contributed by atoms with E-state index in [4.69, 9.17) is 34.1 Å². The van der Waals surface area contributed by atoms with E-state index in [1.807, 2.05) is 30.3 Å². The molecular formula is C12H9O7-3. The van der Waals surface area contributed by atoms with Crippen molar-refractivity contribution in [3.8, 4) is 0 Å². The van der Waals surface area contributed by atoms with E-state index in [2.05, 4.69) is 0 Å². The molecule has 0 amide bonds. The van der Waals surface area contributed by atoms with Crippen molar-refractivity contribution in [1.29, 1.82) is 0 Å². The molecule has 0 aliphatic rings. The van der Waals surface area contributed by atoms with Crippen LogP contribution in [-0.4, -0.2) is 17.9 Å². The van der Waals surface area contributed by atoms with Crippen LogP contribution in [0.1, 0.15) is 6.92 Å². The van der Waals surface area contributed by atoms with Crippen molar-refractivity contribution in [2.75, 3.05) is 0 Å². The number of rotatable bonds is 0. The van der Waals surface area contributed by atoms with Gasteiger partial charge in [0.15, 0.2) is 0 Å². The summed E-state index contributed by atoms with van der Waals surface area (Å²) in [5.74, 6) is -5.45. The summed E-state index contributed by atoms with van der Waals surface area (Å²) in [5.41, 5.74) is 0.956. The fourth-order valence-corrected chi connectivity index (χ4v) is 0.906. The highest BCUT2D eigenvalue weighted by atomic mass is 16.4. The lowest BCUT2D eigenvalue weighted by Crippen LogP contribution is -2.42. The highest BCUT2D eigenvalue weighted by Crippen LogP contribution is 2.12. The second-order valence-electron chi connectivity index (χ2n) is 3.02. The van der Waals surface area contributed by atoms with Gasteiger partial charge in [0.2, 0.25) is 0 Å². The average molecular weight is 265 g/mol. The topological polar surface area (TPSA) is 134 Å². The van der Waals surface area contributed by atoms with E-state index in [-0.39, 0.29) is 0 Å². The minimum absolute atomic E-state index is 0.956. The van der Waals surface area contributed by atoms with Crippen LogP contribution in [0.4, 0.5) is 0 Å². The maximum absolute atomic E-state index is 8.93. The number of hydrogen-bond donors (Lipinski definition) is 0. The maximum Gasteiger partial charge on any atom is 0.133 e. The van der Waals surface area contributed by atoms with Crippen molar-refractivity contribution < 1.29 is 34.1 Å². The Morgan fingerprint density at radius 1 is 0.947 bits per heavy atom. The van der Waals surface area contributed by atoms with Gasteiger partial charge in [0.25, 0.3) is 0 Å². The zero-order valence-corrected chi connectivity index (χ0v) is 9.82. The second kappa shape index (κ2) is 8.29. The molecule has 0 bridgehead atoms. The number of carboxylic acid groups (broad SMARTS) is 3. The van der Waals surface area contributed by atoms with E-state index in [1.54, 1.807) is 6.26 Å². The third kappa shape index (κ3) is 7.97. The van der Waals surface area contributed by atoms with E-state index in [0.717, 1.165) is 17.9 Å². The molecule has 0 N–H and O–H groups in total. The minimum Gasteiger partial charge on any atom is -0.550 e.